The van der Waals surface area contributed by atoms with E-state index in [4.69, 9.17) is 9.47 Å². The van der Waals surface area contributed by atoms with Gasteiger partial charge in [-0.15, -0.1) is 0 Å². The van der Waals surface area contributed by atoms with Crippen LogP contribution in [-0.2, 0) is 9.53 Å². The minimum atomic E-state index is -0.538. The molecule has 128 valence electrons. The lowest BCUT2D eigenvalue weighted by molar-refractivity contribution is -0.118. The number of amides is 1. The number of Topliss-reactive ketones (excluding diaryl/α,β-unsaturated/α-hetero) is 1. The van der Waals surface area contributed by atoms with Gasteiger partial charge in [0.1, 0.15) is 5.75 Å². The van der Waals surface area contributed by atoms with Crippen molar-refractivity contribution in [2.45, 2.75) is 13.8 Å². The molecule has 0 fully saturated rings. The molecule has 1 amide bonds. The number of aryl methyl sites for hydroxylation is 1. The van der Waals surface area contributed by atoms with Gasteiger partial charge in [0.2, 0.25) is 0 Å². The zero-order valence-electron chi connectivity index (χ0n) is 13.9. The van der Waals surface area contributed by atoms with E-state index in [-0.39, 0.29) is 24.9 Å². The van der Waals surface area contributed by atoms with Crippen molar-refractivity contribution < 1.29 is 23.9 Å². The Morgan fingerprint density at radius 3 is 2.80 bits per heavy atom. The van der Waals surface area contributed by atoms with Crippen molar-refractivity contribution in [3.63, 3.8) is 0 Å². The molecular formula is C19H17NO5. The van der Waals surface area contributed by atoms with Crippen LogP contribution < -0.4 is 10.1 Å². The number of rotatable bonds is 4. The van der Waals surface area contributed by atoms with Crippen molar-refractivity contribution in [1.29, 1.82) is 0 Å². The number of hydrogen-bond donors (Lipinski definition) is 1. The van der Waals surface area contributed by atoms with Gasteiger partial charge in [0.15, 0.2) is 19.0 Å². The van der Waals surface area contributed by atoms with Crippen LogP contribution in [0.3, 0.4) is 0 Å². The number of benzene rings is 2. The minimum absolute atomic E-state index is 0.0479. The number of hydrogen-bond acceptors (Lipinski definition) is 5. The van der Waals surface area contributed by atoms with E-state index in [0.717, 1.165) is 11.1 Å². The Balaban J connectivity index is 1.68. The summed E-state index contributed by atoms with van der Waals surface area (Å²) in [4.78, 5) is 35.8. The molecule has 0 aliphatic carbocycles. The quantitative estimate of drug-likeness (QED) is 0.684. The summed E-state index contributed by atoms with van der Waals surface area (Å²) >= 11 is 0. The van der Waals surface area contributed by atoms with E-state index in [2.05, 4.69) is 5.32 Å². The van der Waals surface area contributed by atoms with E-state index in [1.807, 2.05) is 19.9 Å². The lowest BCUT2D eigenvalue weighted by Gasteiger charge is -2.18. The SMILES string of the molecule is Cc1cccc(C(=O)OCC(=O)c2ccc3c(c2)NC(=O)CO3)c1C. The molecule has 6 heteroatoms. The predicted molar refractivity (Wildman–Crippen MR) is 91.1 cm³/mol. The summed E-state index contributed by atoms with van der Waals surface area (Å²) in [6.07, 6.45) is 0. The molecule has 0 spiro atoms. The molecule has 0 aromatic heterocycles. The summed E-state index contributed by atoms with van der Waals surface area (Å²) < 4.78 is 10.4. The summed E-state index contributed by atoms with van der Waals surface area (Å²) in [6.45, 7) is 3.31. The monoisotopic (exact) mass is 339 g/mol. The maximum absolute atomic E-state index is 12.3. The number of anilines is 1. The zero-order valence-corrected chi connectivity index (χ0v) is 13.9. The predicted octanol–water partition coefficient (Wildman–Crippen LogP) is 2.67. The second-order valence-corrected chi connectivity index (χ2v) is 5.79. The molecule has 0 saturated carbocycles. The van der Waals surface area contributed by atoms with E-state index in [9.17, 15) is 14.4 Å². The normalized spacial score (nSPS) is 12.6. The van der Waals surface area contributed by atoms with Crippen LogP contribution in [0.5, 0.6) is 5.75 Å². The highest BCUT2D eigenvalue weighted by molar-refractivity contribution is 6.02. The van der Waals surface area contributed by atoms with E-state index in [0.29, 0.717) is 22.6 Å². The highest BCUT2D eigenvalue weighted by atomic mass is 16.5. The maximum atomic E-state index is 12.3. The van der Waals surface area contributed by atoms with Crippen LogP contribution in [0, 0.1) is 13.8 Å². The zero-order chi connectivity index (χ0) is 18.0. The van der Waals surface area contributed by atoms with Gasteiger partial charge < -0.3 is 14.8 Å². The first-order chi connectivity index (χ1) is 12.0. The number of carbonyl (C=O) groups excluding carboxylic acids is 3. The van der Waals surface area contributed by atoms with Crippen LogP contribution in [0.2, 0.25) is 0 Å². The molecule has 0 atom stereocenters. The van der Waals surface area contributed by atoms with Crippen LogP contribution in [-0.4, -0.2) is 30.9 Å². The van der Waals surface area contributed by atoms with Crippen molar-refractivity contribution >= 4 is 23.3 Å². The molecule has 0 bridgehead atoms. The molecule has 1 aliphatic rings. The highest BCUT2D eigenvalue weighted by Gasteiger charge is 2.19. The molecule has 0 radical (unpaired) electrons. The molecule has 2 aromatic rings. The Morgan fingerprint density at radius 2 is 2.00 bits per heavy atom. The lowest BCUT2D eigenvalue weighted by Crippen LogP contribution is -2.25. The van der Waals surface area contributed by atoms with Gasteiger partial charge in [0, 0.05) is 5.56 Å². The van der Waals surface area contributed by atoms with Gasteiger partial charge >= 0.3 is 5.97 Å². The number of nitrogens with one attached hydrogen (secondary N) is 1. The molecule has 0 unspecified atom stereocenters. The van der Waals surface area contributed by atoms with Gasteiger partial charge in [0.25, 0.3) is 5.91 Å². The highest BCUT2D eigenvalue weighted by Crippen LogP contribution is 2.28. The van der Waals surface area contributed by atoms with Crippen molar-refractivity contribution in [3.8, 4) is 5.75 Å². The van der Waals surface area contributed by atoms with Gasteiger partial charge in [0.05, 0.1) is 11.3 Å². The summed E-state index contributed by atoms with van der Waals surface area (Å²) in [5, 5.41) is 2.64. The van der Waals surface area contributed by atoms with Crippen LogP contribution in [0.1, 0.15) is 31.8 Å². The Kier molecular flexibility index (Phi) is 4.52. The molecule has 6 nitrogen and oxygen atoms in total. The number of ether oxygens (including phenoxy) is 2. The average molecular weight is 339 g/mol. The summed E-state index contributed by atoms with van der Waals surface area (Å²) in [6, 6.07) is 10.0. The Hall–Kier alpha value is -3.15. The van der Waals surface area contributed by atoms with Crippen LogP contribution >= 0.6 is 0 Å². The molecular weight excluding hydrogens is 322 g/mol. The van der Waals surface area contributed by atoms with Gasteiger partial charge in [-0.2, -0.15) is 0 Å². The smallest absolute Gasteiger partial charge is 0.338 e. The Labute approximate surface area is 144 Å². The number of ketones is 1. The number of carbonyl (C=O) groups is 3. The first-order valence-corrected chi connectivity index (χ1v) is 7.79. The van der Waals surface area contributed by atoms with Crippen molar-refractivity contribution in [2.24, 2.45) is 0 Å². The Bertz CT molecular complexity index is 872. The minimum Gasteiger partial charge on any atom is -0.482 e. The third-order valence-electron chi connectivity index (χ3n) is 4.09. The molecule has 1 aliphatic heterocycles. The number of fused-ring (bicyclic) bond motifs is 1. The summed E-state index contributed by atoms with van der Waals surface area (Å²) in [5.41, 5.74) is 3.01. The fourth-order valence-electron chi connectivity index (χ4n) is 2.52. The van der Waals surface area contributed by atoms with E-state index in [1.165, 1.54) is 6.07 Å². The largest absolute Gasteiger partial charge is 0.482 e. The molecule has 25 heavy (non-hydrogen) atoms. The third-order valence-corrected chi connectivity index (χ3v) is 4.09. The summed E-state index contributed by atoms with van der Waals surface area (Å²) in [7, 11) is 0. The molecule has 1 heterocycles. The molecule has 1 N–H and O–H groups in total. The van der Waals surface area contributed by atoms with Crippen LogP contribution in [0.25, 0.3) is 0 Å². The van der Waals surface area contributed by atoms with Gasteiger partial charge in [-0.05, 0) is 49.2 Å². The molecule has 3 rings (SSSR count). The summed E-state index contributed by atoms with van der Waals surface area (Å²) in [5.74, 6) is -0.674. The van der Waals surface area contributed by atoms with Gasteiger partial charge in [-0.1, -0.05) is 12.1 Å². The second kappa shape index (κ2) is 6.76. The topological polar surface area (TPSA) is 81.7 Å². The fourth-order valence-corrected chi connectivity index (χ4v) is 2.52. The number of esters is 1. The van der Waals surface area contributed by atoms with Gasteiger partial charge in [-0.3, -0.25) is 9.59 Å². The van der Waals surface area contributed by atoms with Crippen molar-refractivity contribution in [1.82, 2.24) is 0 Å². The third kappa shape index (κ3) is 3.52. The van der Waals surface area contributed by atoms with Crippen molar-refractivity contribution in [3.05, 3.63) is 58.7 Å². The maximum Gasteiger partial charge on any atom is 0.338 e. The van der Waals surface area contributed by atoms with Crippen molar-refractivity contribution in [2.75, 3.05) is 18.5 Å². The lowest BCUT2D eigenvalue weighted by atomic mass is 10.0. The van der Waals surface area contributed by atoms with E-state index < -0.39 is 5.97 Å². The van der Waals surface area contributed by atoms with Crippen LogP contribution in [0.15, 0.2) is 36.4 Å². The Morgan fingerprint density at radius 1 is 1.20 bits per heavy atom. The average Bonchev–Trinajstić information content (AvgIpc) is 2.61. The molecule has 2 aromatic carbocycles. The fraction of sp³-hybridized carbons (Fsp3) is 0.211. The first-order valence-electron chi connectivity index (χ1n) is 7.79. The first kappa shape index (κ1) is 16.7. The molecule has 0 saturated heterocycles. The van der Waals surface area contributed by atoms with Gasteiger partial charge in [-0.25, -0.2) is 4.79 Å². The second-order valence-electron chi connectivity index (χ2n) is 5.79. The van der Waals surface area contributed by atoms with E-state index in [1.54, 1.807) is 24.3 Å². The standard InChI is InChI=1S/C19H17NO5/c1-11-4-3-5-14(12(11)2)19(23)25-9-16(21)13-6-7-17-15(8-13)20-18(22)10-24-17/h3-8H,9-10H2,1-2H3,(H,20,22). The van der Waals surface area contributed by atoms with Crippen LogP contribution in [0.4, 0.5) is 5.69 Å². The van der Waals surface area contributed by atoms with E-state index >= 15 is 0 Å².